The highest BCUT2D eigenvalue weighted by Gasteiger charge is 2.14. The lowest BCUT2D eigenvalue weighted by Gasteiger charge is -2.10. The van der Waals surface area contributed by atoms with E-state index in [4.69, 9.17) is 21.1 Å². The number of carboxylic acid groups (broad SMARTS) is 1. The predicted octanol–water partition coefficient (Wildman–Crippen LogP) is 3.85. The molecule has 1 atom stereocenters. The minimum absolute atomic E-state index is 0.135. The lowest BCUT2D eigenvalue weighted by molar-refractivity contribution is 0.0695. The highest BCUT2D eigenvalue weighted by Crippen LogP contribution is 2.27. The van der Waals surface area contributed by atoms with Crippen LogP contribution in [0.1, 0.15) is 39.7 Å². The van der Waals surface area contributed by atoms with Gasteiger partial charge in [0.15, 0.2) is 0 Å². The van der Waals surface area contributed by atoms with E-state index in [0.29, 0.717) is 18.1 Å². The van der Waals surface area contributed by atoms with Gasteiger partial charge in [0.25, 0.3) is 0 Å². The molecule has 4 nitrogen and oxygen atoms in total. The molecular formula is C13H14ClNO3S. The minimum Gasteiger partial charge on any atom is -0.478 e. The summed E-state index contributed by atoms with van der Waals surface area (Å²) in [5, 5.41) is 12.2. The van der Waals surface area contributed by atoms with E-state index in [0.717, 1.165) is 9.21 Å². The standard InChI is InChI=1S/C13H14ClNO3S/c1-7(11-3-4-12(14)19-11)15-6-9-5-10(13(16)17)8(2)18-9/h3-5,7,15H,6H2,1-2H3,(H,16,17). The Morgan fingerprint density at radius 2 is 2.32 bits per heavy atom. The first-order valence-electron chi connectivity index (χ1n) is 5.78. The van der Waals surface area contributed by atoms with Crippen molar-refractivity contribution in [1.82, 2.24) is 5.32 Å². The lowest BCUT2D eigenvalue weighted by Crippen LogP contribution is -2.16. The molecule has 2 rings (SSSR count). The molecule has 0 spiro atoms. The average Bonchev–Trinajstić information content (AvgIpc) is 2.92. The molecule has 1 unspecified atom stereocenters. The molecule has 6 heteroatoms. The third-order valence-corrected chi connectivity index (χ3v) is 4.22. The quantitative estimate of drug-likeness (QED) is 0.880. The van der Waals surface area contributed by atoms with E-state index in [-0.39, 0.29) is 11.6 Å². The second-order valence-corrected chi connectivity index (χ2v) is 5.98. The molecule has 19 heavy (non-hydrogen) atoms. The Hall–Kier alpha value is -1.30. The molecule has 2 heterocycles. The molecule has 2 N–H and O–H groups in total. The number of furan rings is 1. The first kappa shape index (κ1) is 14.1. The van der Waals surface area contributed by atoms with Crippen molar-refractivity contribution in [2.45, 2.75) is 26.4 Å². The Kier molecular flexibility index (Phi) is 4.29. The molecule has 0 fully saturated rings. The Bertz CT molecular complexity index is 590. The molecule has 0 aliphatic heterocycles. The van der Waals surface area contributed by atoms with E-state index in [1.54, 1.807) is 13.0 Å². The smallest absolute Gasteiger partial charge is 0.339 e. The maximum Gasteiger partial charge on any atom is 0.339 e. The fourth-order valence-electron chi connectivity index (χ4n) is 1.76. The summed E-state index contributed by atoms with van der Waals surface area (Å²) in [4.78, 5) is 12.0. The van der Waals surface area contributed by atoms with Crippen LogP contribution in [0.25, 0.3) is 0 Å². The third kappa shape index (κ3) is 3.37. The molecule has 2 aromatic rings. The van der Waals surface area contributed by atoms with Crippen molar-refractivity contribution in [3.8, 4) is 0 Å². The zero-order chi connectivity index (χ0) is 14.0. The third-order valence-electron chi connectivity index (χ3n) is 2.80. The number of halogens is 1. The maximum absolute atomic E-state index is 10.9. The number of aromatic carboxylic acids is 1. The van der Waals surface area contributed by atoms with Crippen molar-refractivity contribution in [2.75, 3.05) is 0 Å². The van der Waals surface area contributed by atoms with Gasteiger partial charge in [-0.2, -0.15) is 0 Å². The number of hydrogen-bond donors (Lipinski definition) is 2. The van der Waals surface area contributed by atoms with Crippen molar-refractivity contribution in [1.29, 1.82) is 0 Å². The van der Waals surface area contributed by atoms with Crippen LogP contribution in [0.15, 0.2) is 22.6 Å². The van der Waals surface area contributed by atoms with Gasteiger partial charge in [-0.1, -0.05) is 11.6 Å². The van der Waals surface area contributed by atoms with Crippen LogP contribution in [0.5, 0.6) is 0 Å². The molecule has 0 aliphatic carbocycles. The lowest BCUT2D eigenvalue weighted by atomic mass is 10.2. The Morgan fingerprint density at radius 3 is 2.84 bits per heavy atom. The zero-order valence-electron chi connectivity index (χ0n) is 10.6. The Morgan fingerprint density at radius 1 is 1.58 bits per heavy atom. The average molecular weight is 300 g/mol. The number of carboxylic acids is 1. The summed E-state index contributed by atoms with van der Waals surface area (Å²) in [6, 6.07) is 5.52. The predicted molar refractivity (Wildman–Crippen MR) is 75.0 cm³/mol. The molecule has 0 radical (unpaired) electrons. The van der Waals surface area contributed by atoms with E-state index >= 15 is 0 Å². The number of hydrogen-bond acceptors (Lipinski definition) is 4. The van der Waals surface area contributed by atoms with Gasteiger partial charge in [0.2, 0.25) is 0 Å². The van der Waals surface area contributed by atoms with Gasteiger partial charge in [0.1, 0.15) is 17.1 Å². The van der Waals surface area contributed by atoms with Crippen molar-refractivity contribution >= 4 is 28.9 Å². The highest BCUT2D eigenvalue weighted by atomic mass is 35.5. The summed E-state index contributed by atoms with van der Waals surface area (Å²) in [5.74, 6) is 0.0751. The maximum atomic E-state index is 10.9. The number of carbonyl (C=O) groups is 1. The molecule has 2 aromatic heterocycles. The molecule has 0 aliphatic rings. The van der Waals surface area contributed by atoms with E-state index in [1.165, 1.54) is 11.3 Å². The Labute approximate surface area is 120 Å². The van der Waals surface area contributed by atoms with Crippen molar-refractivity contribution < 1.29 is 14.3 Å². The van der Waals surface area contributed by atoms with Gasteiger partial charge in [-0.3, -0.25) is 0 Å². The number of nitrogens with one attached hydrogen (secondary N) is 1. The largest absolute Gasteiger partial charge is 0.478 e. The van der Waals surface area contributed by atoms with Gasteiger partial charge in [0, 0.05) is 10.9 Å². The molecule has 0 aromatic carbocycles. The highest BCUT2D eigenvalue weighted by molar-refractivity contribution is 7.16. The molecule has 0 amide bonds. The fourth-order valence-corrected chi connectivity index (χ4v) is 2.85. The molecule has 0 saturated heterocycles. The van der Waals surface area contributed by atoms with E-state index in [9.17, 15) is 4.79 Å². The summed E-state index contributed by atoms with van der Waals surface area (Å²) in [6.45, 7) is 4.15. The van der Waals surface area contributed by atoms with E-state index in [1.807, 2.05) is 19.1 Å². The minimum atomic E-state index is -0.967. The van der Waals surface area contributed by atoms with Gasteiger partial charge in [-0.25, -0.2) is 4.79 Å². The Balaban J connectivity index is 1.99. The van der Waals surface area contributed by atoms with Crippen LogP contribution in [0.2, 0.25) is 4.34 Å². The SMILES string of the molecule is Cc1oc(CNC(C)c2ccc(Cl)s2)cc1C(=O)O. The van der Waals surface area contributed by atoms with Gasteiger partial charge in [-0.05, 0) is 32.0 Å². The summed E-state index contributed by atoms with van der Waals surface area (Å²) >= 11 is 7.41. The van der Waals surface area contributed by atoms with Crippen LogP contribution >= 0.6 is 22.9 Å². The molecule has 0 saturated carbocycles. The van der Waals surface area contributed by atoms with Gasteiger partial charge in [-0.15, -0.1) is 11.3 Å². The van der Waals surface area contributed by atoms with Gasteiger partial charge >= 0.3 is 5.97 Å². The van der Waals surface area contributed by atoms with Crippen molar-refractivity contribution in [3.63, 3.8) is 0 Å². The van der Waals surface area contributed by atoms with E-state index in [2.05, 4.69) is 5.32 Å². The normalized spacial score (nSPS) is 12.6. The van der Waals surface area contributed by atoms with Gasteiger partial charge in [0.05, 0.1) is 10.9 Å². The molecule has 102 valence electrons. The van der Waals surface area contributed by atoms with Crippen LogP contribution in [-0.2, 0) is 6.54 Å². The first-order chi connectivity index (χ1) is 8.97. The van der Waals surface area contributed by atoms with Crippen LogP contribution in [0.4, 0.5) is 0 Å². The topological polar surface area (TPSA) is 62.5 Å². The molecular weight excluding hydrogens is 286 g/mol. The van der Waals surface area contributed by atoms with Gasteiger partial charge < -0.3 is 14.8 Å². The second-order valence-electron chi connectivity index (χ2n) is 4.23. The van der Waals surface area contributed by atoms with Crippen LogP contribution in [0, 0.1) is 6.92 Å². The van der Waals surface area contributed by atoms with E-state index < -0.39 is 5.97 Å². The summed E-state index contributed by atoms with van der Waals surface area (Å²) in [5.41, 5.74) is 0.212. The monoisotopic (exact) mass is 299 g/mol. The number of thiophene rings is 1. The second kappa shape index (κ2) is 5.77. The van der Waals surface area contributed by atoms with Crippen molar-refractivity contribution in [3.05, 3.63) is 44.5 Å². The number of rotatable bonds is 5. The summed E-state index contributed by atoms with van der Waals surface area (Å²) in [7, 11) is 0. The first-order valence-corrected chi connectivity index (χ1v) is 6.98. The summed E-state index contributed by atoms with van der Waals surface area (Å²) < 4.78 is 6.16. The van der Waals surface area contributed by atoms with Crippen LogP contribution in [-0.4, -0.2) is 11.1 Å². The van der Waals surface area contributed by atoms with Crippen molar-refractivity contribution in [2.24, 2.45) is 0 Å². The fraction of sp³-hybridized carbons (Fsp3) is 0.308. The zero-order valence-corrected chi connectivity index (χ0v) is 12.1. The van der Waals surface area contributed by atoms with Crippen LogP contribution in [0.3, 0.4) is 0 Å². The number of aryl methyl sites for hydroxylation is 1. The summed E-state index contributed by atoms with van der Waals surface area (Å²) in [6.07, 6.45) is 0. The van der Waals surface area contributed by atoms with Crippen LogP contribution < -0.4 is 5.32 Å². The molecule has 0 bridgehead atoms.